The summed E-state index contributed by atoms with van der Waals surface area (Å²) >= 11 is 5.56. The Hall–Kier alpha value is -1.22. The maximum Gasteiger partial charge on any atom is 0.224 e. The van der Waals surface area contributed by atoms with Crippen LogP contribution < -0.4 is 0 Å². The Morgan fingerprint density at radius 3 is 3.00 bits per heavy atom. The second-order valence-corrected chi connectivity index (χ2v) is 2.53. The van der Waals surface area contributed by atoms with Crippen molar-refractivity contribution >= 4 is 29.4 Å². The van der Waals surface area contributed by atoms with Gasteiger partial charge in [-0.2, -0.15) is 0 Å². The van der Waals surface area contributed by atoms with Crippen LogP contribution in [0.4, 0.5) is 0 Å². The van der Waals surface area contributed by atoms with Gasteiger partial charge >= 0.3 is 0 Å². The Balaban J connectivity index is 2.54. The molecule has 0 bridgehead atoms. The number of hydrogen-bond acceptors (Lipinski definition) is 3. The molecule has 0 fully saturated rings. The van der Waals surface area contributed by atoms with E-state index in [-0.39, 0.29) is 10.8 Å². The first-order valence-electron chi connectivity index (χ1n) is 3.02. The van der Waals surface area contributed by atoms with E-state index >= 15 is 0 Å². The van der Waals surface area contributed by atoms with E-state index in [0.717, 1.165) is 0 Å². The zero-order chi connectivity index (χ0) is 7.84. The van der Waals surface area contributed by atoms with E-state index in [0.29, 0.717) is 11.4 Å². The van der Waals surface area contributed by atoms with Crippen LogP contribution >= 0.6 is 11.6 Å². The Labute approximate surface area is 67.8 Å². The minimum Gasteiger partial charge on any atom is -0.286 e. The molecule has 0 aromatic rings. The molecule has 54 valence electrons. The van der Waals surface area contributed by atoms with Gasteiger partial charge in [0.2, 0.25) is 5.78 Å². The average Bonchev–Trinajstić information content (AvgIpc) is 2.45. The number of halogens is 1. The van der Waals surface area contributed by atoms with E-state index in [9.17, 15) is 4.79 Å². The molecule has 4 heteroatoms. The molecule has 1 aliphatic heterocycles. The maximum atomic E-state index is 11.2. The lowest BCUT2D eigenvalue weighted by molar-refractivity contribution is -0.109. The van der Waals surface area contributed by atoms with Gasteiger partial charge in [0, 0.05) is 0 Å². The molecule has 0 unspecified atom stereocenters. The predicted molar refractivity (Wildman–Crippen MR) is 43.0 cm³/mol. The van der Waals surface area contributed by atoms with Gasteiger partial charge in [-0.25, -0.2) is 9.98 Å². The first kappa shape index (κ1) is 6.49. The third-order valence-electron chi connectivity index (χ3n) is 1.45. The summed E-state index contributed by atoms with van der Waals surface area (Å²) in [4.78, 5) is 18.8. The van der Waals surface area contributed by atoms with Gasteiger partial charge in [0.05, 0.1) is 10.7 Å². The highest BCUT2D eigenvalue weighted by atomic mass is 35.5. The second kappa shape index (κ2) is 2.13. The molecule has 0 aromatic carbocycles. The molecule has 2 aliphatic rings. The number of allylic oxidation sites excluding steroid dienone is 4. The van der Waals surface area contributed by atoms with Gasteiger partial charge in [-0.1, -0.05) is 11.6 Å². The lowest BCUT2D eigenvalue weighted by Gasteiger charge is -2.03. The van der Waals surface area contributed by atoms with Crippen molar-refractivity contribution in [2.24, 2.45) is 9.98 Å². The number of hydrogen-bond donors (Lipinski definition) is 0. The van der Waals surface area contributed by atoms with Crippen molar-refractivity contribution in [3.8, 4) is 0 Å². The quantitative estimate of drug-likeness (QED) is 0.496. The molecule has 0 N–H and O–H groups in total. The fourth-order valence-electron chi connectivity index (χ4n) is 0.914. The van der Waals surface area contributed by atoms with Crippen molar-refractivity contribution in [3.05, 3.63) is 22.9 Å². The van der Waals surface area contributed by atoms with E-state index < -0.39 is 0 Å². The van der Waals surface area contributed by atoms with E-state index in [4.69, 9.17) is 11.6 Å². The number of Topliss-reactive ketones (excluding diaryl/α,β-unsaturated/α-hetero) is 1. The second-order valence-electron chi connectivity index (χ2n) is 2.12. The van der Waals surface area contributed by atoms with Gasteiger partial charge in [0.15, 0.2) is 0 Å². The molecule has 11 heavy (non-hydrogen) atoms. The lowest BCUT2D eigenvalue weighted by Crippen LogP contribution is -2.16. The maximum absolute atomic E-state index is 11.2. The van der Waals surface area contributed by atoms with Gasteiger partial charge in [-0.3, -0.25) is 4.79 Å². The SMILES string of the molecule is O=C1C(Cl)=CC=C2N=CN=C12. The summed E-state index contributed by atoms with van der Waals surface area (Å²) in [6, 6.07) is 0. The zero-order valence-electron chi connectivity index (χ0n) is 5.41. The van der Waals surface area contributed by atoms with Crippen LogP contribution in [-0.2, 0) is 4.79 Å². The minimum absolute atomic E-state index is 0.193. The van der Waals surface area contributed by atoms with Gasteiger partial charge < -0.3 is 0 Å². The summed E-state index contributed by atoms with van der Waals surface area (Å²) in [5, 5.41) is 0.193. The average molecular weight is 167 g/mol. The molecule has 0 spiro atoms. The number of carbonyl (C=O) groups is 1. The Bertz CT molecular complexity index is 349. The first-order valence-corrected chi connectivity index (χ1v) is 3.40. The van der Waals surface area contributed by atoms with Crippen molar-refractivity contribution in [2.45, 2.75) is 0 Å². The highest BCUT2D eigenvalue weighted by Crippen LogP contribution is 2.18. The molecule has 1 aliphatic carbocycles. The molecule has 2 rings (SSSR count). The highest BCUT2D eigenvalue weighted by Gasteiger charge is 2.23. The standard InChI is InChI=1S/C7H3ClN2O/c8-4-1-2-5-6(7(4)11)10-3-9-5/h1-3H. The molecular formula is C7H3ClN2O. The van der Waals surface area contributed by atoms with Gasteiger partial charge in [0.25, 0.3) is 0 Å². The molecule has 0 saturated heterocycles. The first-order chi connectivity index (χ1) is 5.29. The van der Waals surface area contributed by atoms with Gasteiger partial charge in [0.1, 0.15) is 12.1 Å². The Morgan fingerprint density at radius 2 is 2.18 bits per heavy atom. The van der Waals surface area contributed by atoms with Gasteiger partial charge in [-0.15, -0.1) is 0 Å². The summed E-state index contributed by atoms with van der Waals surface area (Å²) in [5.41, 5.74) is 0.942. The molecular weight excluding hydrogens is 164 g/mol. The predicted octanol–water partition coefficient (Wildman–Crippen LogP) is 1.06. The van der Waals surface area contributed by atoms with Crippen LogP contribution in [0.5, 0.6) is 0 Å². The number of aliphatic imine (C=N–C) groups is 2. The van der Waals surface area contributed by atoms with E-state index in [1.807, 2.05) is 0 Å². The van der Waals surface area contributed by atoms with Crippen LogP contribution in [0.2, 0.25) is 0 Å². The summed E-state index contributed by atoms with van der Waals surface area (Å²) in [6.45, 7) is 0. The fraction of sp³-hybridized carbons (Fsp3) is 0. The molecule has 0 radical (unpaired) electrons. The van der Waals surface area contributed by atoms with Crippen molar-refractivity contribution in [1.29, 1.82) is 0 Å². The molecule has 0 amide bonds. The summed E-state index contributed by atoms with van der Waals surface area (Å²) in [6.07, 6.45) is 4.55. The third kappa shape index (κ3) is 0.851. The normalized spacial score (nSPS) is 20.8. The summed E-state index contributed by atoms with van der Waals surface area (Å²) in [5.74, 6) is -0.248. The van der Waals surface area contributed by atoms with E-state index in [1.165, 1.54) is 12.4 Å². The van der Waals surface area contributed by atoms with Crippen molar-refractivity contribution in [3.63, 3.8) is 0 Å². The molecule has 0 saturated carbocycles. The van der Waals surface area contributed by atoms with Crippen LogP contribution in [0.15, 0.2) is 32.9 Å². The number of nitrogens with zero attached hydrogens (tertiary/aromatic N) is 2. The van der Waals surface area contributed by atoms with Crippen molar-refractivity contribution in [2.75, 3.05) is 0 Å². The lowest BCUT2D eigenvalue weighted by atomic mass is 10.1. The Morgan fingerprint density at radius 1 is 1.36 bits per heavy atom. The van der Waals surface area contributed by atoms with Crippen molar-refractivity contribution in [1.82, 2.24) is 0 Å². The molecule has 1 heterocycles. The van der Waals surface area contributed by atoms with Crippen LogP contribution in [-0.4, -0.2) is 17.8 Å². The van der Waals surface area contributed by atoms with Crippen LogP contribution in [0.25, 0.3) is 0 Å². The largest absolute Gasteiger partial charge is 0.286 e. The topological polar surface area (TPSA) is 41.8 Å². The van der Waals surface area contributed by atoms with Crippen LogP contribution in [0, 0.1) is 0 Å². The van der Waals surface area contributed by atoms with Crippen LogP contribution in [0.1, 0.15) is 0 Å². The highest BCUT2D eigenvalue weighted by molar-refractivity contribution is 6.63. The smallest absolute Gasteiger partial charge is 0.224 e. The monoisotopic (exact) mass is 166 g/mol. The van der Waals surface area contributed by atoms with Gasteiger partial charge in [-0.05, 0) is 12.2 Å². The van der Waals surface area contributed by atoms with E-state index in [1.54, 1.807) is 6.08 Å². The molecule has 0 atom stereocenters. The summed E-state index contributed by atoms with van der Waals surface area (Å²) < 4.78 is 0. The number of rotatable bonds is 0. The number of carbonyl (C=O) groups excluding carboxylic acids is 1. The van der Waals surface area contributed by atoms with Crippen molar-refractivity contribution < 1.29 is 4.79 Å². The minimum atomic E-state index is -0.248. The van der Waals surface area contributed by atoms with Crippen LogP contribution in [0.3, 0.4) is 0 Å². The number of ketones is 1. The molecule has 3 nitrogen and oxygen atoms in total. The van der Waals surface area contributed by atoms with E-state index in [2.05, 4.69) is 9.98 Å². The zero-order valence-corrected chi connectivity index (χ0v) is 6.17. The fourth-order valence-corrected chi connectivity index (χ4v) is 1.07. The Kier molecular flexibility index (Phi) is 1.26. The molecule has 0 aromatic heterocycles. The number of fused-ring (bicyclic) bond motifs is 1. The summed E-state index contributed by atoms with van der Waals surface area (Å²) in [7, 11) is 0. The third-order valence-corrected chi connectivity index (χ3v) is 1.74.